The quantitative estimate of drug-likeness (QED) is 0.353. The second-order valence-electron chi connectivity index (χ2n) is 7.85. The lowest BCUT2D eigenvalue weighted by atomic mass is 9.89. The number of nitrogens with one attached hydrogen (secondary N) is 1. The summed E-state index contributed by atoms with van der Waals surface area (Å²) in [5.74, 6) is -0.332. The first-order valence-corrected chi connectivity index (χ1v) is 10.6. The maximum absolute atomic E-state index is 10.8. The monoisotopic (exact) mass is 430 g/mol. The van der Waals surface area contributed by atoms with Crippen LogP contribution in [0.2, 0.25) is 0 Å². The van der Waals surface area contributed by atoms with Gasteiger partial charge in [-0.05, 0) is 43.0 Å². The van der Waals surface area contributed by atoms with Crippen molar-refractivity contribution in [3.63, 3.8) is 0 Å². The number of carbonyl (C=O) groups is 1. The molecule has 6 nitrogen and oxygen atoms in total. The van der Waals surface area contributed by atoms with E-state index in [1.165, 1.54) is 5.57 Å². The first kappa shape index (κ1) is 21.4. The number of allylic oxidation sites excluding steroid dienone is 1. The third-order valence-corrected chi connectivity index (χ3v) is 5.40. The van der Waals surface area contributed by atoms with Gasteiger partial charge in [0.2, 0.25) is 0 Å². The molecule has 0 saturated heterocycles. The fourth-order valence-corrected chi connectivity index (χ4v) is 3.92. The molecule has 1 atom stereocenters. The Labute approximate surface area is 187 Å². The molecule has 0 aliphatic heterocycles. The van der Waals surface area contributed by atoms with Gasteiger partial charge >= 0.3 is 5.97 Å². The molecule has 2 aromatic carbocycles. The number of aromatic amines is 1. The molecule has 3 aromatic rings. The van der Waals surface area contributed by atoms with Gasteiger partial charge in [0.25, 0.3) is 0 Å². The summed E-state index contributed by atoms with van der Waals surface area (Å²) >= 11 is 0. The second-order valence-corrected chi connectivity index (χ2v) is 7.85. The Bertz CT molecular complexity index is 1120. The van der Waals surface area contributed by atoms with Gasteiger partial charge in [0.15, 0.2) is 12.7 Å². The van der Waals surface area contributed by atoms with E-state index in [0.717, 1.165) is 40.8 Å². The van der Waals surface area contributed by atoms with Crippen LogP contribution in [0.4, 0.5) is 0 Å². The van der Waals surface area contributed by atoms with E-state index in [9.17, 15) is 4.79 Å². The van der Waals surface area contributed by atoms with Crippen LogP contribution < -0.4 is 4.74 Å². The molecule has 1 heterocycles. The number of oxime groups is 1. The number of carboxylic acid groups (broad SMARTS) is 1. The third-order valence-electron chi connectivity index (χ3n) is 5.40. The van der Waals surface area contributed by atoms with Gasteiger partial charge in [0, 0.05) is 29.9 Å². The lowest BCUT2D eigenvalue weighted by Gasteiger charge is -2.20. The van der Waals surface area contributed by atoms with E-state index in [2.05, 4.69) is 16.2 Å². The van der Waals surface area contributed by atoms with Crippen LogP contribution in [-0.4, -0.2) is 28.4 Å². The molecule has 0 radical (unpaired) electrons. The number of hydrogen-bond acceptors (Lipinski definition) is 4. The van der Waals surface area contributed by atoms with Gasteiger partial charge < -0.3 is 19.7 Å². The Hall–Kier alpha value is -3.80. The highest BCUT2D eigenvalue weighted by Gasteiger charge is 2.18. The summed E-state index contributed by atoms with van der Waals surface area (Å²) in [6, 6.07) is 17.8. The molecule has 1 unspecified atom stereocenters. The summed E-state index contributed by atoms with van der Waals surface area (Å²) in [6.07, 6.45) is 8.07. The van der Waals surface area contributed by atoms with Gasteiger partial charge in [-0.15, -0.1) is 0 Å². The number of H-pyrrole nitrogens is 1. The van der Waals surface area contributed by atoms with Gasteiger partial charge in [-0.1, -0.05) is 59.3 Å². The SMILES string of the molecule is CC(CC1=Cc2cccc(OCC(=O)O)c2CC1)=NOC(c1ccccc1)c1cc[nH]c1. The molecule has 6 heteroatoms. The average Bonchev–Trinajstić information content (AvgIpc) is 3.33. The molecule has 0 fully saturated rings. The summed E-state index contributed by atoms with van der Waals surface area (Å²) < 4.78 is 5.45. The summed E-state index contributed by atoms with van der Waals surface area (Å²) in [6.45, 7) is 1.64. The number of benzene rings is 2. The topological polar surface area (TPSA) is 83.9 Å². The van der Waals surface area contributed by atoms with Crippen molar-refractivity contribution >= 4 is 17.8 Å². The van der Waals surface area contributed by atoms with Crippen LogP contribution in [0.25, 0.3) is 6.08 Å². The molecule has 1 aromatic heterocycles. The minimum absolute atomic E-state index is 0.271. The standard InChI is InChI=1S/C26H26N2O4/c1-18(28-32-26(22-12-13-27-16-22)20-6-3-2-4-7-20)14-19-10-11-23-21(15-19)8-5-9-24(23)31-17-25(29)30/h2-9,12-13,15-16,26-27H,10-11,14,17H2,1H3,(H,29,30). The number of ether oxygens (including phenoxy) is 1. The van der Waals surface area contributed by atoms with Gasteiger partial charge in [-0.3, -0.25) is 0 Å². The fourth-order valence-electron chi connectivity index (χ4n) is 3.92. The van der Waals surface area contributed by atoms with E-state index < -0.39 is 5.97 Å². The molecule has 164 valence electrons. The van der Waals surface area contributed by atoms with Gasteiger partial charge in [0.05, 0.1) is 5.71 Å². The van der Waals surface area contributed by atoms with Crippen LogP contribution in [0.3, 0.4) is 0 Å². The summed E-state index contributed by atoms with van der Waals surface area (Å²) in [5.41, 5.74) is 6.35. The molecule has 0 bridgehead atoms. The van der Waals surface area contributed by atoms with Crippen molar-refractivity contribution in [2.24, 2.45) is 5.16 Å². The summed E-state index contributed by atoms with van der Waals surface area (Å²) in [4.78, 5) is 19.9. The van der Waals surface area contributed by atoms with Crippen LogP contribution in [0.15, 0.2) is 77.7 Å². The first-order chi connectivity index (χ1) is 15.6. The number of aliphatic carboxylic acids is 1. The highest BCUT2D eigenvalue weighted by Crippen LogP contribution is 2.33. The van der Waals surface area contributed by atoms with Gasteiger partial charge in [0.1, 0.15) is 5.75 Å². The highest BCUT2D eigenvalue weighted by molar-refractivity contribution is 5.85. The number of rotatable bonds is 9. The zero-order valence-electron chi connectivity index (χ0n) is 18.0. The van der Waals surface area contributed by atoms with Crippen molar-refractivity contribution < 1.29 is 19.5 Å². The highest BCUT2D eigenvalue weighted by atomic mass is 16.6. The molecule has 0 spiro atoms. The summed E-state index contributed by atoms with van der Waals surface area (Å²) in [5, 5.41) is 13.3. The molecular formula is C26H26N2O4. The summed E-state index contributed by atoms with van der Waals surface area (Å²) in [7, 11) is 0. The number of carboxylic acids is 1. The molecule has 32 heavy (non-hydrogen) atoms. The number of fused-ring (bicyclic) bond motifs is 1. The molecule has 1 aliphatic rings. The van der Waals surface area contributed by atoms with Crippen molar-refractivity contribution in [2.75, 3.05) is 6.61 Å². The number of aromatic nitrogens is 1. The predicted octanol–water partition coefficient (Wildman–Crippen LogP) is 5.38. The van der Waals surface area contributed by atoms with Crippen LogP contribution in [0.1, 0.15) is 48.1 Å². The van der Waals surface area contributed by atoms with Crippen LogP contribution in [0.5, 0.6) is 5.75 Å². The molecule has 1 aliphatic carbocycles. The second kappa shape index (κ2) is 10.0. The Morgan fingerprint density at radius 2 is 1.94 bits per heavy atom. The molecule has 2 N–H and O–H groups in total. The van der Waals surface area contributed by atoms with Crippen LogP contribution in [-0.2, 0) is 16.1 Å². The average molecular weight is 431 g/mol. The van der Waals surface area contributed by atoms with E-state index in [-0.39, 0.29) is 12.7 Å². The number of nitrogens with zero attached hydrogens (tertiary/aromatic N) is 1. The minimum Gasteiger partial charge on any atom is -0.482 e. The Kier molecular flexibility index (Phi) is 6.70. The van der Waals surface area contributed by atoms with Crippen molar-refractivity contribution in [1.82, 2.24) is 4.98 Å². The molecule has 4 rings (SSSR count). The van der Waals surface area contributed by atoms with Crippen molar-refractivity contribution in [3.8, 4) is 5.75 Å². The Morgan fingerprint density at radius 3 is 2.69 bits per heavy atom. The largest absolute Gasteiger partial charge is 0.482 e. The molecular weight excluding hydrogens is 404 g/mol. The fraction of sp³-hybridized carbons (Fsp3) is 0.231. The van der Waals surface area contributed by atoms with Crippen molar-refractivity contribution in [2.45, 2.75) is 32.3 Å². The smallest absolute Gasteiger partial charge is 0.341 e. The third kappa shape index (κ3) is 5.27. The van der Waals surface area contributed by atoms with Crippen molar-refractivity contribution in [3.05, 3.63) is 94.8 Å². The maximum atomic E-state index is 10.8. The first-order valence-electron chi connectivity index (χ1n) is 10.6. The number of hydrogen-bond donors (Lipinski definition) is 2. The van der Waals surface area contributed by atoms with E-state index in [4.69, 9.17) is 14.7 Å². The maximum Gasteiger partial charge on any atom is 0.341 e. The minimum atomic E-state index is -0.977. The van der Waals surface area contributed by atoms with E-state index >= 15 is 0 Å². The van der Waals surface area contributed by atoms with E-state index in [1.807, 2.05) is 73.9 Å². The van der Waals surface area contributed by atoms with Crippen LogP contribution >= 0.6 is 0 Å². The van der Waals surface area contributed by atoms with E-state index in [0.29, 0.717) is 12.2 Å². The lowest BCUT2D eigenvalue weighted by Crippen LogP contribution is -2.12. The van der Waals surface area contributed by atoms with Crippen molar-refractivity contribution in [1.29, 1.82) is 0 Å². The predicted molar refractivity (Wildman–Crippen MR) is 124 cm³/mol. The zero-order valence-corrected chi connectivity index (χ0v) is 18.0. The van der Waals surface area contributed by atoms with E-state index in [1.54, 1.807) is 0 Å². The van der Waals surface area contributed by atoms with Crippen LogP contribution in [0, 0.1) is 0 Å². The molecule has 0 amide bonds. The lowest BCUT2D eigenvalue weighted by molar-refractivity contribution is -0.139. The zero-order chi connectivity index (χ0) is 22.3. The Balaban J connectivity index is 1.46. The molecule has 0 saturated carbocycles. The Morgan fingerprint density at radius 1 is 1.09 bits per heavy atom. The van der Waals surface area contributed by atoms with Gasteiger partial charge in [-0.2, -0.15) is 0 Å². The van der Waals surface area contributed by atoms with Gasteiger partial charge in [-0.25, -0.2) is 4.79 Å². The normalized spacial score (nSPS) is 14.3.